The third-order valence-electron chi connectivity index (χ3n) is 6.72. The highest BCUT2D eigenvalue weighted by atomic mass is 19.1. The maximum Gasteiger partial charge on any atom is 0.245 e. The number of ether oxygens (including phenoxy) is 2. The molecular weight excluding hydrogens is 461 g/mol. The zero-order valence-corrected chi connectivity index (χ0v) is 20.4. The third kappa shape index (κ3) is 4.72. The fourth-order valence-corrected chi connectivity index (χ4v) is 4.87. The molecule has 2 aromatic carbocycles. The zero-order valence-electron chi connectivity index (χ0n) is 20.4. The van der Waals surface area contributed by atoms with E-state index in [9.17, 15) is 4.39 Å². The zero-order chi connectivity index (χ0) is 25.1. The van der Waals surface area contributed by atoms with E-state index in [0.29, 0.717) is 36.9 Å². The van der Waals surface area contributed by atoms with Crippen LogP contribution in [0.2, 0.25) is 0 Å². The summed E-state index contributed by atoms with van der Waals surface area (Å²) in [6.45, 7) is 1.63. The summed E-state index contributed by atoms with van der Waals surface area (Å²) in [5.74, 6) is 1.55. The second-order valence-corrected chi connectivity index (χ2v) is 8.86. The first-order chi connectivity index (χ1) is 17.6. The first-order valence-electron chi connectivity index (χ1n) is 12.0. The number of β-amino-alcohol motifs (C(OH)–C–C–N with tert-alkyl or cyclic N) is 1. The lowest BCUT2D eigenvalue weighted by molar-refractivity contribution is 0.0995. The Bertz CT molecular complexity index is 1340. The van der Waals surface area contributed by atoms with Crippen LogP contribution >= 0.6 is 0 Å². The lowest BCUT2D eigenvalue weighted by atomic mass is 9.87. The van der Waals surface area contributed by atoms with Gasteiger partial charge in [-0.15, -0.1) is 5.10 Å². The average molecular weight is 492 g/mol. The molecule has 36 heavy (non-hydrogen) atoms. The number of fused-ring (bicyclic) bond motifs is 1. The largest absolute Gasteiger partial charge is 0.496 e. The summed E-state index contributed by atoms with van der Waals surface area (Å²) in [5, 5.41) is 17.1. The van der Waals surface area contributed by atoms with Crippen LogP contribution in [0, 0.1) is 0 Å². The number of halogens is 1. The molecule has 2 aromatic heterocycles. The number of hydrogen-bond donors (Lipinski definition) is 2. The molecule has 1 aliphatic heterocycles. The summed E-state index contributed by atoms with van der Waals surface area (Å²) in [6.07, 6.45) is 1.45. The monoisotopic (exact) mass is 491 g/mol. The van der Waals surface area contributed by atoms with Crippen molar-refractivity contribution in [2.75, 3.05) is 45.8 Å². The van der Waals surface area contributed by atoms with E-state index in [0.717, 1.165) is 34.6 Å². The van der Waals surface area contributed by atoms with Gasteiger partial charge in [0.15, 0.2) is 0 Å². The molecular formula is C27H30FN5O3. The molecule has 0 bridgehead atoms. The van der Waals surface area contributed by atoms with Gasteiger partial charge in [0.25, 0.3) is 0 Å². The van der Waals surface area contributed by atoms with Crippen molar-refractivity contribution in [3.63, 3.8) is 0 Å². The van der Waals surface area contributed by atoms with Crippen molar-refractivity contribution in [2.45, 2.75) is 18.5 Å². The number of aromatic nitrogens is 3. The van der Waals surface area contributed by atoms with Gasteiger partial charge in [0.05, 0.1) is 43.9 Å². The Kier molecular flexibility index (Phi) is 7.02. The van der Waals surface area contributed by atoms with E-state index in [4.69, 9.17) is 19.7 Å². The Morgan fingerprint density at radius 1 is 1.08 bits per heavy atom. The minimum absolute atomic E-state index is 0.0445. The Morgan fingerprint density at radius 2 is 1.92 bits per heavy atom. The Labute approximate surface area is 209 Å². The number of rotatable bonds is 8. The van der Waals surface area contributed by atoms with Gasteiger partial charge in [-0.3, -0.25) is 4.90 Å². The summed E-state index contributed by atoms with van der Waals surface area (Å²) in [6, 6.07) is 17.4. The summed E-state index contributed by atoms with van der Waals surface area (Å²) < 4.78 is 27.9. The number of hydrogen-bond acceptors (Lipinski definition) is 7. The van der Waals surface area contributed by atoms with E-state index >= 15 is 0 Å². The van der Waals surface area contributed by atoms with Crippen LogP contribution in [0.3, 0.4) is 0 Å². The van der Waals surface area contributed by atoms with Gasteiger partial charge in [-0.1, -0.05) is 18.2 Å². The molecule has 0 radical (unpaired) electrons. The highest BCUT2D eigenvalue weighted by molar-refractivity contribution is 5.72. The number of methoxy groups -OCH3 is 2. The molecule has 0 spiro atoms. The summed E-state index contributed by atoms with van der Waals surface area (Å²) in [4.78, 5) is 6.42. The molecule has 0 amide bonds. The second kappa shape index (κ2) is 10.5. The van der Waals surface area contributed by atoms with Gasteiger partial charge in [0, 0.05) is 24.6 Å². The van der Waals surface area contributed by atoms with Crippen molar-refractivity contribution in [2.24, 2.45) is 0 Å². The summed E-state index contributed by atoms with van der Waals surface area (Å²) in [7, 11) is 3.24. The lowest BCUT2D eigenvalue weighted by Gasteiger charge is -2.34. The predicted molar refractivity (Wildman–Crippen MR) is 137 cm³/mol. The molecule has 188 valence electrons. The van der Waals surface area contributed by atoms with Gasteiger partial charge < -0.3 is 19.9 Å². The quantitative estimate of drug-likeness (QED) is 0.381. The van der Waals surface area contributed by atoms with Crippen molar-refractivity contribution >= 4 is 17.2 Å². The van der Waals surface area contributed by atoms with Gasteiger partial charge in [-0.05, 0) is 54.9 Å². The smallest absolute Gasteiger partial charge is 0.245 e. The van der Waals surface area contributed by atoms with Crippen molar-refractivity contribution in [1.82, 2.24) is 19.5 Å². The average Bonchev–Trinajstić information content (AvgIpc) is 3.32. The van der Waals surface area contributed by atoms with Crippen molar-refractivity contribution in [3.05, 3.63) is 66.4 Å². The molecule has 4 aromatic rings. The molecule has 2 unspecified atom stereocenters. The summed E-state index contributed by atoms with van der Waals surface area (Å²) in [5.41, 5.74) is 4.26. The van der Waals surface area contributed by atoms with Crippen LogP contribution in [-0.4, -0.2) is 71.2 Å². The molecule has 1 aliphatic rings. The number of likely N-dealkylation sites (tertiary alicyclic amines) is 1. The number of para-hydroxylation sites is 1. The molecule has 5 rings (SSSR count). The minimum Gasteiger partial charge on any atom is -0.496 e. The highest BCUT2D eigenvalue weighted by Gasteiger charge is 2.30. The maximum atomic E-state index is 14.9. The fraction of sp³-hybridized carbons (Fsp3) is 0.333. The number of nitrogens with one attached hydrogen (secondary N) is 1. The van der Waals surface area contributed by atoms with Crippen molar-refractivity contribution in [3.8, 4) is 22.8 Å². The van der Waals surface area contributed by atoms with Crippen LogP contribution in [0.1, 0.15) is 17.9 Å². The van der Waals surface area contributed by atoms with Crippen LogP contribution in [0.4, 0.5) is 16.0 Å². The number of piperidine rings is 1. The van der Waals surface area contributed by atoms with Crippen LogP contribution in [0.25, 0.3) is 16.8 Å². The molecule has 1 saturated heterocycles. The van der Waals surface area contributed by atoms with E-state index in [1.54, 1.807) is 20.4 Å². The van der Waals surface area contributed by atoms with Gasteiger partial charge in [-0.25, -0.2) is 13.9 Å². The minimum atomic E-state index is -0.998. The predicted octanol–water partition coefficient (Wildman–Crippen LogP) is 4.28. The first kappa shape index (κ1) is 24.0. The molecule has 9 heteroatoms. The van der Waals surface area contributed by atoms with Gasteiger partial charge >= 0.3 is 0 Å². The maximum absolute atomic E-state index is 14.9. The summed E-state index contributed by atoms with van der Waals surface area (Å²) >= 11 is 0. The van der Waals surface area contributed by atoms with Crippen LogP contribution < -0.4 is 14.8 Å². The molecule has 8 nitrogen and oxygen atoms in total. The molecule has 2 N–H and O–H groups in total. The number of alkyl halides is 1. The number of anilines is 2. The Hall–Kier alpha value is -3.69. The van der Waals surface area contributed by atoms with E-state index in [1.807, 2.05) is 64.0 Å². The number of aliphatic hydroxyl groups is 1. The number of benzene rings is 2. The molecule has 2 atom stereocenters. The molecule has 1 fully saturated rings. The van der Waals surface area contributed by atoms with E-state index < -0.39 is 6.17 Å². The van der Waals surface area contributed by atoms with E-state index in [-0.39, 0.29) is 12.5 Å². The van der Waals surface area contributed by atoms with E-state index in [2.05, 4.69) is 10.3 Å². The normalized spacial score (nSPS) is 18.3. The second-order valence-electron chi connectivity index (χ2n) is 8.86. The van der Waals surface area contributed by atoms with Crippen LogP contribution in [0.15, 0.2) is 60.8 Å². The highest BCUT2D eigenvalue weighted by Crippen LogP contribution is 2.36. The first-order valence-corrected chi connectivity index (χ1v) is 12.0. The Morgan fingerprint density at radius 3 is 2.69 bits per heavy atom. The Balaban J connectivity index is 1.40. The SMILES string of the molecule is COc1cc(C2CCN(CCO)CC2F)ccc1Nc1ncc2ccc(-c3ccccc3OC)n2n1. The van der Waals surface area contributed by atoms with Crippen LogP contribution in [0.5, 0.6) is 11.5 Å². The standard InChI is InChI=1S/C27H30FN5O3/c1-35-25-6-4-3-5-21(25)24-10-8-19-16-29-27(31-33(19)24)30-23-9-7-18(15-26(23)36-2)20-11-12-32(13-14-34)17-22(20)28/h3-10,15-16,20,22,34H,11-14,17H2,1-2H3,(H,30,31). The number of aliphatic hydroxyl groups excluding tert-OH is 1. The third-order valence-corrected chi connectivity index (χ3v) is 6.72. The molecule has 0 saturated carbocycles. The molecule has 0 aliphatic carbocycles. The van der Waals surface area contributed by atoms with Crippen molar-refractivity contribution < 1.29 is 19.0 Å². The lowest BCUT2D eigenvalue weighted by Crippen LogP contribution is -2.42. The van der Waals surface area contributed by atoms with Crippen LogP contribution in [-0.2, 0) is 0 Å². The topological polar surface area (TPSA) is 84.2 Å². The van der Waals surface area contributed by atoms with Crippen molar-refractivity contribution in [1.29, 1.82) is 0 Å². The fourth-order valence-electron chi connectivity index (χ4n) is 4.87. The van der Waals surface area contributed by atoms with Gasteiger partial charge in [-0.2, -0.15) is 0 Å². The number of nitrogens with zero attached hydrogens (tertiary/aromatic N) is 4. The van der Waals surface area contributed by atoms with Gasteiger partial charge in [0.1, 0.15) is 17.7 Å². The van der Waals surface area contributed by atoms with Gasteiger partial charge in [0.2, 0.25) is 5.95 Å². The molecule has 3 heterocycles. The van der Waals surface area contributed by atoms with E-state index in [1.165, 1.54) is 0 Å².